The first-order chi connectivity index (χ1) is 10.0. The Labute approximate surface area is 132 Å². The normalized spacial score (nSPS) is 22.4. The van der Waals surface area contributed by atoms with Crippen LogP contribution in [0.2, 0.25) is 5.02 Å². The molecule has 2 unspecified atom stereocenters. The van der Waals surface area contributed by atoms with E-state index in [1.165, 1.54) is 0 Å². The topological polar surface area (TPSA) is 18.5 Å². The SMILES string of the molecule is CCNC(Cc1cccc(Cl)c1F)C1CN(C)CCN1C. The van der Waals surface area contributed by atoms with Gasteiger partial charge in [0.1, 0.15) is 5.82 Å². The van der Waals surface area contributed by atoms with Gasteiger partial charge in [-0.25, -0.2) is 4.39 Å². The number of rotatable bonds is 5. The predicted molar refractivity (Wildman–Crippen MR) is 86.5 cm³/mol. The van der Waals surface area contributed by atoms with E-state index in [2.05, 4.69) is 36.1 Å². The van der Waals surface area contributed by atoms with Crippen molar-refractivity contribution in [2.24, 2.45) is 0 Å². The van der Waals surface area contributed by atoms with E-state index in [4.69, 9.17) is 11.6 Å². The minimum atomic E-state index is -0.283. The largest absolute Gasteiger partial charge is 0.312 e. The molecule has 1 aliphatic rings. The highest BCUT2D eigenvalue weighted by atomic mass is 35.5. The summed E-state index contributed by atoms with van der Waals surface area (Å²) in [6.07, 6.45) is 0.656. The van der Waals surface area contributed by atoms with Crippen molar-refractivity contribution < 1.29 is 4.39 Å². The van der Waals surface area contributed by atoms with Gasteiger partial charge in [-0.2, -0.15) is 0 Å². The van der Waals surface area contributed by atoms with Crippen molar-refractivity contribution in [1.82, 2.24) is 15.1 Å². The van der Waals surface area contributed by atoms with Crippen molar-refractivity contribution in [2.45, 2.75) is 25.4 Å². The third-order valence-corrected chi connectivity index (χ3v) is 4.59. The van der Waals surface area contributed by atoms with Crippen LogP contribution in [0.3, 0.4) is 0 Å². The molecule has 3 nitrogen and oxygen atoms in total. The van der Waals surface area contributed by atoms with Gasteiger partial charge in [0.2, 0.25) is 0 Å². The molecule has 1 aliphatic heterocycles. The van der Waals surface area contributed by atoms with Crippen molar-refractivity contribution in [3.8, 4) is 0 Å². The Morgan fingerprint density at radius 2 is 2.14 bits per heavy atom. The van der Waals surface area contributed by atoms with E-state index in [0.29, 0.717) is 18.0 Å². The molecule has 1 fully saturated rings. The number of hydrogen-bond donors (Lipinski definition) is 1. The Hall–Kier alpha value is -0.680. The maximum absolute atomic E-state index is 14.2. The van der Waals surface area contributed by atoms with Crippen LogP contribution in [0.1, 0.15) is 12.5 Å². The molecule has 118 valence electrons. The van der Waals surface area contributed by atoms with Gasteiger partial charge in [-0.15, -0.1) is 0 Å². The van der Waals surface area contributed by atoms with Crippen LogP contribution in [0.5, 0.6) is 0 Å². The average molecular weight is 314 g/mol. The summed E-state index contributed by atoms with van der Waals surface area (Å²) >= 11 is 5.90. The number of likely N-dealkylation sites (N-methyl/N-ethyl adjacent to an activating group) is 3. The fourth-order valence-corrected chi connectivity index (χ4v) is 3.22. The first-order valence-electron chi connectivity index (χ1n) is 7.58. The summed E-state index contributed by atoms with van der Waals surface area (Å²) in [6.45, 7) is 6.09. The molecule has 0 aliphatic carbocycles. The first-order valence-corrected chi connectivity index (χ1v) is 7.95. The van der Waals surface area contributed by atoms with Crippen LogP contribution in [0.15, 0.2) is 18.2 Å². The average Bonchev–Trinajstić information content (AvgIpc) is 2.46. The standard InChI is InChI=1S/C16H25ClFN3/c1-4-19-14(15-11-20(2)8-9-21(15)3)10-12-6-5-7-13(17)16(12)18/h5-7,14-15,19H,4,8-11H2,1-3H3. The molecule has 5 heteroatoms. The van der Waals surface area contributed by atoms with E-state index in [0.717, 1.165) is 26.2 Å². The molecule has 21 heavy (non-hydrogen) atoms. The lowest BCUT2D eigenvalue weighted by Gasteiger charge is -2.42. The van der Waals surface area contributed by atoms with Crippen LogP contribution >= 0.6 is 11.6 Å². The molecule has 1 saturated heterocycles. The van der Waals surface area contributed by atoms with Crippen LogP contribution in [-0.4, -0.2) is 62.2 Å². The molecule has 0 radical (unpaired) electrons. The number of nitrogens with one attached hydrogen (secondary N) is 1. The zero-order valence-electron chi connectivity index (χ0n) is 13.1. The number of piperazine rings is 1. The van der Waals surface area contributed by atoms with Gasteiger partial charge in [0, 0.05) is 31.7 Å². The Morgan fingerprint density at radius 1 is 1.38 bits per heavy atom. The van der Waals surface area contributed by atoms with E-state index in [1.807, 2.05) is 12.1 Å². The second-order valence-corrected chi connectivity index (χ2v) is 6.30. The molecular formula is C16H25ClFN3. The Kier molecular flexibility index (Phi) is 5.99. The lowest BCUT2D eigenvalue weighted by Crippen LogP contribution is -2.59. The second kappa shape index (κ2) is 7.54. The van der Waals surface area contributed by atoms with Gasteiger partial charge in [0.15, 0.2) is 0 Å². The van der Waals surface area contributed by atoms with Gasteiger partial charge in [-0.3, -0.25) is 4.90 Å². The van der Waals surface area contributed by atoms with E-state index in [9.17, 15) is 4.39 Å². The number of hydrogen-bond acceptors (Lipinski definition) is 3. The summed E-state index contributed by atoms with van der Waals surface area (Å²) in [5.74, 6) is -0.283. The van der Waals surface area contributed by atoms with E-state index >= 15 is 0 Å². The molecule has 0 aromatic heterocycles. The summed E-state index contributed by atoms with van der Waals surface area (Å²) in [5.41, 5.74) is 0.690. The molecule has 0 spiro atoms. The Morgan fingerprint density at radius 3 is 2.86 bits per heavy atom. The van der Waals surface area contributed by atoms with Crippen LogP contribution in [0, 0.1) is 5.82 Å². The predicted octanol–water partition coefficient (Wildman–Crippen LogP) is 2.25. The molecular weight excluding hydrogens is 289 g/mol. The minimum absolute atomic E-state index is 0.205. The first kappa shape index (κ1) is 16.7. The lowest BCUT2D eigenvalue weighted by molar-refractivity contribution is 0.0878. The summed E-state index contributed by atoms with van der Waals surface area (Å²) in [6, 6.07) is 5.85. The smallest absolute Gasteiger partial charge is 0.145 e. The van der Waals surface area contributed by atoms with Crippen molar-refractivity contribution >= 4 is 11.6 Å². The molecule has 2 atom stereocenters. The molecule has 0 amide bonds. The van der Waals surface area contributed by atoms with Gasteiger partial charge in [-0.1, -0.05) is 30.7 Å². The maximum Gasteiger partial charge on any atom is 0.145 e. The third kappa shape index (κ3) is 4.16. The number of benzene rings is 1. The summed E-state index contributed by atoms with van der Waals surface area (Å²) in [4.78, 5) is 4.71. The van der Waals surface area contributed by atoms with Crippen molar-refractivity contribution in [3.05, 3.63) is 34.6 Å². The highest BCUT2D eigenvalue weighted by Crippen LogP contribution is 2.21. The molecule has 1 N–H and O–H groups in total. The highest BCUT2D eigenvalue weighted by molar-refractivity contribution is 6.30. The van der Waals surface area contributed by atoms with Gasteiger partial charge >= 0.3 is 0 Å². The zero-order valence-corrected chi connectivity index (χ0v) is 13.8. The van der Waals surface area contributed by atoms with Crippen molar-refractivity contribution in [3.63, 3.8) is 0 Å². The minimum Gasteiger partial charge on any atom is -0.312 e. The second-order valence-electron chi connectivity index (χ2n) is 5.89. The van der Waals surface area contributed by atoms with Crippen LogP contribution < -0.4 is 5.32 Å². The highest BCUT2D eigenvalue weighted by Gasteiger charge is 2.30. The summed E-state index contributed by atoms with van der Waals surface area (Å²) in [5, 5.41) is 3.73. The molecule has 1 aromatic carbocycles. The monoisotopic (exact) mass is 313 g/mol. The molecule has 1 heterocycles. The van der Waals surface area contributed by atoms with Crippen LogP contribution in [0.4, 0.5) is 4.39 Å². The van der Waals surface area contributed by atoms with E-state index in [-0.39, 0.29) is 16.9 Å². The zero-order chi connectivity index (χ0) is 15.4. The van der Waals surface area contributed by atoms with Crippen LogP contribution in [0.25, 0.3) is 0 Å². The molecule has 0 bridgehead atoms. The van der Waals surface area contributed by atoms with Gasteiger partial charge in [0.25, 0.3) is 0 Å². The Bertz CT molecular complexity index is 469. The van der Waals surface area contributed by atoms with E-state index in [1.54, 1.807) is 6.07 Å². The summed E-state index contributed by atoms with van der Waals surface area (Å²) < 4.78 is 14.2. The fourth-order valence-electron chi connectivity index (χ4n) is 3.03. The van der Waals surface area contributed by atoms with Crippen molar-refractivity contribution in [2.75, 3.05) is 40.3 Å². The van der Waals surface area contributed by atoms with Gasteiger partial charge in [0.05, 0.1) is 5.02 Å². The maximum atomic E-state index is 14.2. The number of nitrogens with zero attached hydrogens (tertiary/aromatic N) is 2. The molecule has 1 aromatic rings. The van der Waals surface area contributed by atoms with Gasteiger partial charge < -0.3 is 10.2 Å². The number of halogens is 2. The van der Waals surface area contributed by atoms with E-state index < -0.39 is 0 Å². The third-order valence-electron chi connectivity index (χ3n) is 4.30. The van der Waals surface area contributed by atoms with Gasteiger partial charge in [-0.05, 0) is 38.7 Å². The summed E-state index contributed by atoms with van der Waals surface area (Å²) in [7, 11) is 4.29. The quantitative estimate of drug-likeness (QED) is 0.899. The Balaban J connectivity index is 2.16. The van der Waals surface area contributed by atoms with Crippen molar-refractivity contribution in [1.29, 1.82) is 0 Å². The molecule has 2 rings (SSSR count). The fraction of sp³-hybridized carbons (Fsp3) is 0.625. The van der Waals surface area contributed by atoms with Crippen LogP contribution in [-0.2, 0) is 6.42 Å². The molecule has 0 saturated carbocycles. The lowest BCUT2D eigenvalue weighted by atomic mass is 9.96.